The lowest BCUT2D eigenvalue weighted by atomic mass is 10.2. The summed E-state index contributed by atoms with van der Waals surface area (Å²) in [5.74, 6) is -1.16. The second-order valence-electron chi connectivity index (χ2n) is 22.2. The molecule has 2 unspecified atom stereocenters. The third kappa shape index (κ3) is 23.8. The number of amides is 5. The zero-order valence-electron chi connectivity index (χ0n) is 55.7. The first-order valence-electron chi connectivity index (χ1n) is 30.6. The summed E-state index contributed by atoms with van der Waals surface area (Å²) in [6.07, 6.45) is -17.2. The van der Waals surface area contributed by atoms with Crippen molar-refractivity contribution in [1.29, 1.82) is 0 Å². The zero-order valence-corrected chi connectivity index (χ0v) is 58.9. The Morgan fingerprint density at radius 3 is 1.19 bits per heavy atom. The molecule has 8 aromatic heterocycles. The quantitative estimate of drug-likeness (QED) is 0.0202. The molecule has 8 aromatic rings. The van der Waals surface area contributed by atoms with E-state index in [0.29, 0.717) is 91.1 Å². The molecule has 0 aromatic carbocycles. The van der Waals surface area contributed by atoms with Crippen LogP contribution < -0.4 is 16.0 Å². The number of thiophene rings is 4. The molecule has 0 radical (unpaired) electrons. The Kier molecular flexibility index (Phi) is 29.4. The van der Waals surface area contributed by atoms with Crippen molar-refractivity contribution in [1.82, 2.24) is 64.9 Å². The maximum Gasteiger partial charge on any atom is 0.433 e. The molecule has 9 rings (SSSR count). The fraction of sp³-hybridized carbons (Fsp3) is 0.468. The molecule has 0 aliphatic carbocycles. The molecular weight excluding hydrogens is 1440 g/mol. The summed E-state index contributed by atoms with van der Waals surface area (Å²) in [7, 11) is 7.80. The molecule has 0 spiro atoms. The van der Waals surface area contributed by atoms with Crippen LogP contribution in [0, 0.1) is 0 Å². The van der Waals surface area contributed by atoms with Gasteiger partial charge < -0.3 is 50.2 Å². The summed E-state index contributed by atoms with van der Waals surface area (Å²) >= 11 is 4.27. The summed E-state index contributed by atoms with van der Waals surface area (Å²) in [5.41, 5.74) is -2.71. The van der Waals surface area contributed by atoms with Gasteiger partial charge in [0.15, 0.2) is 6.29 Å². The van der Waals surface area contributed by atoms with Crippen LogP contribution in [0.1, 0.15) is 108 Å². The maximum atomic E-state index is 12.9. The number of aliphatic hydroxyl groups is 2. The Labute approximate surface area is 586 Å². The predicted octanol–water partition coefficient (Wildman–Crippen LogP) is 11.1. The number of nitrogens with one attached hydrogen (secondary N) is 3. The van der Waals surface area contributed by atoms with Crippen molar-refractivity contribution in [3.8, 4) is 42.3 Å². The molecule has 101 heavy (non-hydrogen) atoms. The van der Waals surface area contributed by atoms with Crippen molar-refractivity contribution >= 4 is 74.9 Å². The first-order valence-corrected chi connectivity index (χ1v) is 33.9. The summed E-state index contributed by atoms with van der Waals surface area (Å²) in [5, 5.41) is 42.7. The van der Waals surface area contributed by atoms with Gasteiger partial charge >= 0.3 is 24.7 Å². The second-order valence-corrected chi connectivity index (χ2v) is 26.6. The Morgan fingerprint density at radius 1 is 0.545 bits per heavy atom. The van der Waals surface area contributed by atoms with E-state index in [0.717, 1.165) is 101 Å². The summed E-state index contributed by atoms with van der Waals surface area (Å²) in [4.78, 5) is 66.8. The van der Waals surface area contributed by atoms with Crippen molar-refractivity contribution in [2.24, 2.45) is 28.2 Å². The number of alkyl halides is 12. The van der Waals surface area contributed by atoms with Crippen LogP contribution in [0.5, 0.6) is 0 Å². The van der Waals surface area contributed by atoms with Gasteiger partial charge in [0, 0.05) is 101 Å². The number of likely N-dealkylation sites (tertiary alicyclic amines) is 1. The minimum Gasteiger partial charge on any atom is -0.392 e. The highest BCUT2D eigenvalue weighted by Gasteiger charge is 2.39. The monoisotopic (exact) mass is 1520 g/mol. The van der Waals surface area contributed by atoms with Gasteiger partial charge in [0.2, 0.25) is 5.91 Å². The van der Waals surface area contributed by atoms with Crippen molar-refractivity contribution in [2.45, 2.75) is 89.7 Å². The van der Waals surface area contributed by atoms with Gasteiger partial charge in [-0.05, 0) is 113 Å². The molecule has 2 atom stereocenters. The van der Waals surface area contributed by atoms with Crippen molar-refractivity contribution in [2.75, 3.05) is 73.2 Å². The van der Waals surface area contributed by atoms with E-state index in [2.05, 4.69) is 36.3 Å². The molecule has 0 saturated carbocycles. The number of halogens is 12. The molecule has 5 N–H and O–H groups in total. The van der Waals surface area contributed by atoms with Gasteiger partial charge in [-0.3, -0.25) is 42.7 Å². The zero-order chi connectivity index (χ0) is 74.9. The van der Waals surface area contributed by atoms with E-state index >= 15 is 0 Å². The first-order chi connectivity index (χ1) is 47.3. The molecule has 1 aliphatic heterocycles. The molecule has 1 aliphatic rings. The summed E-state index contributed by atoms with van der Waals surface area (Å²) < 4.78 is 172. The lowest BCUT2D eigenvalue weighted by Gasteiger charge is -2.24. The fourth-order valence-corrected chi connectivity index (χ4v) is 13.0. The Hall–Kier alpha value is -8.05. The first kappa shape index (κ1) is 81.9. The maximum absolute atomic E-state index is 12.9. The fourth-order valence-electron chi connectivity index (χ4n) is 9.46. The molecule has 1 saturated heterocycles. The number of aromatic nitrogens is 8. The average Bonchev–Trinajstić information content (AvgIpc) is 1.68. The number of hydrogen-bond acceptors (Lipinski definition) is 18. The van der Waals surface area contributed by atoms with Gasteiger partial charge in [0.25, 0.3) is 23.6 Å². The minimum absolute atomic E-state index is 0.0405. The largest absolute Gasteiger partial charge is 0.433 e. The molecule has 1 fully saturated rings. The Balaban J connectivity index is 0.000000212. The Bertz CT molecular complexity index is 4020. The molecule has 554 valence electrons. The molecule has 5 amide bonds. The van der Waals surface area contributed by atoms with Crippen molar-refractivity contribution in [3.63, 3.8) is 0 Å². The van der Waals surface area contributed by atoms with E-state index in [1.165, 1.54) is 79.4 Å². The van der Waals surface area contributed by atoms with Crippen LogP contribution in [-0.4, -0.2) is 180 Å². The lowest BCUT2D eigenvalue weighted by Crippen LogP contribution is -2.40. The van der Waals surface area contributed by atoms with Gasteiger partial charge in [-0.2, -0.15) is 73.1 Å². The topological polar surface area (TPSA) is 267 Å². The second kappa shape index (κ2) is 36.2. The highest BCUT2D eigenvalue weighted by atomic mass is 32.1. The molecular formula is C62H73F12N13O10S4. The number of hydrogen-bond donors (Lipinski definition) is 5. The minimum atomic E-state index is -4.51. The van der Waals surface area contributed by atoms with Crippen LogP contribution in [0.4, 0.5) is 52.7 Å². The number of aliphatic hydroxyl groups excluding tert-OH is 2. The van der Waals surface area contributed by atoms with Crippen LogP contribution in [-0.2, 0) is 71.9 Å². The number of methoxy groups -OCH3 is 2. The normalized spacial score (nSPS) is 13.3. The predicted molar refractivity (Wildman–Crippen MR) is 352 cm³/mol. The number of ether oxygens (including phenoxy) is 3. The van der Waals surface area contributed by atoms with E-state index in [9.17, 15) is 86.9 Å². The number of aryl methyl sites for hydroxylation is 4. The van der Waals surface area contributed by atoms with E-state index in [1.807, 2.05) is 6.92 Å². The van der Waals surface area contributed by atoms with Crippen LogP contribution in [0.2, 0.25) is 0 Å². The van der Waals surface area contributed by atoms with E-state index in [-0.39, 0.29) is 66.0 Å². The van der Waals surface area contributed by atoms with Crippen LogP contribution >= 0.6 is 45.3 Å². The SMILES string of the molecule is CC(O)CN(CC(C)O)C(=O)c1ccc(-c2cc(C(F)(F)F)n(C)n2)s1.CCOCCCNC(=O)c1ccc(-c2cc(C(F)(F)F)n(C)n2)s1.COC(CNC(=O)c1ccc(-c2cc(C(F)(F)F)n(C)n2)s1)OC.Cn1nc(-c2ccc(C(=O)NCCCN3CCCC3=O)s2)cc1C(F)(F)F. The number of nitrogens with zero attached hydrogens (tertiary/aromatic N) is 10. The highest BCUT2D eigenvalue weighted by Crippen LogP contribution is 2.39. The third-order valence-corrected chi connectivity index (χ3v) is 18.6. The Morgan fingerprint density at radius 2 is 0.881 bits per heavy atom. The third-order valence-electron chi connectivity index (χ3n) is 14.2. The van der Waals surface area contributed by atoms with Crippen LogP contribution in [0.3, 0.4) is 0 Å². The molecule has 23 nitrogen and oxygen atoms in total. The van der Waals surface area contributed by atoms with Gasteiger partial charge in [0.05, 0.1) is 57.8 Å². The number of carbonyl (C=O) groups is 5. The van der Waals surface area contributed by atoms with Crippen molar-refractivity contribution < 1.29 is 101 Å². The smallest absolute Gasteiger partial charge is 0.392 e. The van der Waals surface area contributed by atoms with Crippen molar-refractivity contribution in [3.05, 3.63) is 115 Å². The van der Waals surface area contributed by atoms with Gasteiger partial charge in [-0.25, -0.2) is 0 Å². The summed E-state index contributed by atoms with van der Waals surface area (Å²) in [6, 6.07) is 16.3. The highest BCUT2D eigenvalue weighted by molar-refractivity contribution is 7.18. The number of carbonyl (C=O) groups excluding carboxylic acids is 5. The van der Waals surface area contributed by atoms with Crippen LogP contribution in [0.15, 0.2) is 72.8 Å². The van der Waals surface area contributed by atoms with Crippen LogP contribution in [0.25, 0.3) is 42.3 Å². The molecule has 9 heterocycles. The lowest BCUT2D eigenvalue weighted by molar-refractivity contribution is -0.144. The standard InChI is InChI=1S/C17H19F3N4O2S.C16H20F3N3O3S.C15H18F3N3O2S.C14H16F3N3O3S/c1-23-14(17(18,19)20)10-11(22-23)12-5-6-13(27-12)16(26)21-7-3-9-24-8-2-4-15(24)25;1-9(23)7-22(8-10(2)24)15(25)13-5-4-12(26-13)11-6-14(16(17,18)19)21(3)20-11;1-3-23-8-4-7-19-14(22)12-6-5-11(24-12)10-9-13(15(16,17)18)21(2)20-10;1-20-11(14(15,16)17)6-8(19-20)9-4-5-10(24-9)13(21)18-7-12(22-2)23-3/h5-6,10H,2-4,7-9H2,1H3,(H,21,26);4-6,9-10,23-24H,7-8H2,1-3H3;5-6,9H,3-4,7-8H2,1-2H3,(H,19,22);4-6,12H,7H2,1-3H3,(H,18,21). The van der Waals surface area contributed by atoms with E-state index in [1.54, 1.807) is 35.2 Å². The van der Waals surface area contributed by atoms with Gasteiger partial charge in [0.1, 0.15) is 45.6 Å². The molecule has 39 heteroatoms. The van der Waals surface area contributed by atoms with E-state index in [4.69, 9.17) is 14.2 Å². The van der Waals surface area contributed by atoms with E-state index < -0.39 is 71.9 Å². The van der Waals surface area contributed by atoms with Gasteiger partial charge in [-0.1, -0.05) is 0 Å². The molecule has 0 bridgehead atoms. The van der Waals surface area contributed by atoms with Gasteiger partial charge in [-0.15, -0.1) is 45.3 Å². The average molecular weight is 1520 g/mol. The summed E-state index contributed by atoms with van der Waals surface area (Å²) in [6.45, 7) is 8.67. The number of rotatable bonds is 25.